The molecule has 2 aromatic rings. The van der Waals surface area contributed by atoms with Crippen molar-refractivity contribution in [2.45, 2.75) is 13.0 Å². The van der Waals surface area contributed by atoms with Crippen LogP contribution in [0.25, 0.3) is 0 Å². The van der Waals surface area contributed by atoms with Crippen LogP contribution in [0.15, 0.2) is 53.3 Å². The molecule has 0 bridgehead atoms. The van der Waals surface area contributed by atoms with Crippen molar-refractivity contribution in [2.75, 3.05) is 7.05 Å². The van der Waals surface area contributed by atoms with Gasteiger partial charge in [0, 0.05) is 18.8 Å². The molecule has 0 aliphatic heterocycles. The van der Waals surface area contributed by atoms with Crippen LogP contribution < -0.4 is 0 Å². The summed E-state index contributed by atoms with van der Waals surface area (Å²) in [6.45, 7) is 2.02. The molecule has 0 radical (unpaired) electrons. The van der Waals surface area contributed by atoms with Crippen molar-refractivity contribution in [1.29, 1.82) is 0 Å². The molecule has 1 aromatic heterocycles. The molecule has 1 aromatic carbocycles. The highest BCUT2D eigenvalue weighted by Crippen LogP contribution is 2.20. The Labute approximate surface area is 121 Å². The van der Waals surface area contributed by atoms with Gasteiger partial charge in [-0.2, -0.15) is 0 Å². The van der Waals surface area contributed by atoms with Crippen LogP contribution in [0.2, 0.25) is 0 Å². The number of hydrogen-bond donors (Lipinski definition) is 0. The molecule has 2 rings (SSSR count). The van der Waals surface area contributed by atoms with Crippen LogP contribution in [0.5, 0.6) is 0 Å². The van der Waals surface area contributed by atoms with Gasteiger partial charge in [0.2, 0.25) is 0 Å². The quantitative estimate of drug-likeness (QED) is 0.809. The van der Waals surface area contributed by atoms with Crippen LogP contribution in [0, 0.1) is 0 Å². The summed E-state index contributed by atoms with van der Waals surface area (Å²) in [5, 5.41) is 0. The van der Waals surface area contributed by atoms with Crippen molar-refractivity contribution >= 4 is 21.8 Å². The van der Waals surface area contributed by atoms with Crippen molar-refractivity contribution in [3.8, 4) is 0 Å². The highest BCUT2D eigenvalue weighted by Gasteiger charge is 2.18. The summed E-state index contributed by atoms with van der Waals surface area (Å²) in [7, 11) is 1.81. The third-order valence-electron chi connectivity index (χ3n) is 3.16. The van der Waals surface area contributed by atoms with Gasteiger partial charge in [-0.3, -0.25) is 4.79 Å². The van der Waals surface area contributed by atoms with Crippen LogP contribution in [0.3, 0.4) is 0 Å². The van der Waals surface area contributed by atoms with Crippen LogP contribution >= 0.6 is 15.9 Å². The minimum atomic E-state index is -0.0144. The monoisotopic (exact) mass is 318 g/mol. The molecule has 0 aliphatic carbocycles. The summed E-state index contributed by atoms with van der Waals surface area (Å²) >= 11 is 3.28. The maximum Gasteiger partial charge on any atom is 0.254 e. The van der Waals surface area contributed by atoms with E-state index in [0.717, 1.165) is 5.56 Å². The summed E-state index contributed by atoms with van der Waals surface area (Å²) in [5.74, 6) is -0.0144. The van der Waals surface area contributed by atoms with Gasteiger partial charge in [0.15, 0.2) is 0 Å². The Kier molecular flexibility index (Phi) is 4.32. The first-order valence-corrected chi connectivity index (χ1v) is 6.82. The van der Waals surface area contributed by atoms with E-state index < -0.39 is 0 Å². The molecule has 19 heavy (non-hydrogen) atoms. The molecule has 98 valence electrons. The number of aromatic nitrogens is 1. The fraction of sp³-hybridized carbons (Fsp3) is 0.200. The van der Waals surface area contributed by atoms with Crippen LogP contribution in [0.4, 0.5) is 0 Å². The van der Waals surface area contributed by atoms with E-state index >= 15 is 0 Å². The normalized spacial score (nSPS) is 11.9. The third kappa shape index (κ3) is 3.20. The standard InChI is InChI=1S/C15H15BrN2O/c1-11(12-6-4-3-5-7-12)18(2)15(19)13-8-9-17-14(16)10-13/h3-11H,1-2H3. The average molecular weight is 319 g/mol. The average Bonchev–Trinajstić information content (AvgIpc) is 2.46. The van der Waals surface area contributed by atoms with E-state index in [9.17, 15) is 4.79 Å². The van der Waals surface area contributed by atoms with Crippen LogP contribution in [0.1, 0.15) is 28.9 Å². The summed E-state index contributed by atoms with van der Waals surface area (Å²) in [4.78, 5) is 18.2. The Balaban J connectivity index is 2.20. The molecule has 1 amide bonds. The molecule has 4 heteroatoms. The number of amides is 1. The lowest BCUT2D eigenvalue weighted by Gasteiger charge is -2.25. The molecule has 1 unspecified atom stereocenters. The van der Waals surface area contributed by atoms with Gasteiger partial charge in [0.05, 0.1) is 6.04 Å². The number of halogens is 1. The fourth-order valence-electron chi connectivity index (χ4n) is 1.87. The fourth-order valence-corrected chi connectivity index (χ4v) is 2.24. The van der Waals surface area contributed by atoms with Crippen LogP contribution in [-0.2, 0) is 0 Å². The lowest BCUT2D eigenvalue weighted by Crippen LogP contribution is -2.29. The lowest BCUT2D eigenvalue weighted by atomic mass is 10.1. The van der Waals surface area contributed by atoms with E-state index in [1.807, 2.05) is 44.3 Å². The molecule has 0 saturated carbocycles. The number of nitrogens with zero attached hydrogens (tertiary/aromatic N) is 2. The van der Waals surface area contributed by atoms with Gasteiger partial charge in [-0.25, -0.2) is 4.98 Å². The predicted octanol–water partition coefficient (Wildman–Crippen LogP) is 3.68. The molecular weight excluding hydrogens is 304 g/mol. The summed E-state index contributed by atoms with van der Waals surface area (Å²) in [5.41, 5.74) is 1.75. The van der Waals surface area contributed by atoms with Gasteiger partial charge in [-0.15, -0.1) is 0 Å². The summed E-state index contributed by atoms with van der Waals surface area (Å²) in [6, 6.07) is 13.5. The summed E-state index contributed by atoms with van der Waals surface area (Å²) < 4.78 is 0.666. The topological polar surface area (TPSA) is 33.2 Å². The largest absolute Gasteiger partial charge is 0.335 e. The van der Waals surface area contributed by atoms with Crippen LogP contribution in [-0.4, -0.2) is 22.8 Å². The Morgan fingerprint density at radius 3 is 2.58 bits per heavy atom. The first-order valence-electron chi connectivity index (χ1n) is 6.03. The van der Waals surface area contributed by atoms with E-state index in [4.69, 9.17) is 0 Å². The van der Waals surface area contributed by atoms with Crippen molar-refractivity contribution in [3.05, 3.63) is 64.4 Å². The first-order chi connectivity index (χ1) is 9.09. The number of hydrogen-bond acceptors (Lipinski definition) is 2. The number of benzene rings is 1. The minimum Gasteiger partial charge on any atom is -0.335 e. The van der Waals surface area contributed by atoms with Gasteiger partial charge >= 0.3 is 0 Å². The second-order valence-corrected chi connectivity index (χ2v) is 5.18. The first kappa shape index (κ1) is 13.7. The number of carbonyl (C=O) groups is 1. The maximum atomic E-state index is 12.4. The Bertz CT molecular complexity index is 571. The van der Waals surface area contributed by atoms with Gasteiger partial charge in [-0.05, 0) is 40.5 Å². The summed E-state index contributed by atoms with van der Waals surface area (Å²) in [6.07, 6.45) is 1.62. The molecule has 0 spiro atoms. The van der Waals surface area contributed by atoms with Gasteiger partial charge < -0.3 is 4.90 Å². The van der Waals surface area contributed by atoms with Crippen molar-refractivity contribution in [1.82, 2.24) is 9.88 Å². The van der Waals surface area contributed by atoms with Gasteiger partial charge in [0.25, 0.3) is 5.91 Å². The SMILES string of the molecule is CC(c1ccccc1)N(C)C(=O)c1ccnc(Br)c1. The zero-order valence-corrected chi connectivity index (χ0v) is 12.5. The second-order valence-electron chi connectivity index (χ2n) is 4.37. The number of rotatable bonds is 3. The molecule has 3 nitrogen and oxygen atoms in total. The Hall–Kier alpha value is -1.68. The number of carbonyl (C=O) groups excluding carboxylic acids is 1. The molecule has 0 saturated heterocycles. The van der Waals surface area contributed by atoms with E-state index in [1.54, 1.807) is 23.2 Å². The van der Waals surface area contributed by atoms with Crippen molar-refractivity contribution in [3.63, 3.8) is 0 Å². The van der Waals surface area contributed by atoms with Gasteiger partial charge in [0.1, 0.15) is 4.60 Å². The minimum absolute atomic E-state index is 0.0144. The van der Waals surface area contributed by atoms with E-state index in [2.05, 4.69) is 20.9 Å². The molecule has 0 N–H and O–H groups in total. The van der Waals surface area contributed by atoms with E-state index in [1.165, 1.54) is 0 Å². The maximum absolute atomic E-state index is 12.4. The van der Waals surface area contributed by atoms with E-state index in [-0.39, 0.29) is 11.9 Å². The highest BCUT2D eigenvalue weighted by atomic mass is 79.9. The zero-order valence-electron chi connectivity index (χ0n) is 10.9. The molecule has 1 heterocycles. The predicted molar refractivity (Wildman–Crippen MR) is 78.9 cm³/mol. The molecule has 0 aliphatic rings. The van der Waals surface area contributed by atoms with Crippen molar-refractivity contribution < 1.29 is 4.79 Å². The Morgan fingerprint density at radius 1 is 1.26 bits per heavy atom. The smallest absolute Gasteiger partial charge is 0.254 e. The molecular formula is C15H15BrN2O. The lowest BCUT2D eigenvalue weighted by molar-refractivity contribution is 0.0742. The van der Waals surface area contributed by atoms with Crippen molar-refractivity contribution in [2.24, 2.45) is 0 Å². The highest BCUT2D eigenvalue weighted by molar-refractivity contribution is 9.10. The molecule has 0 fully saturated rings. The van der Waals surface area contributed by atoms with E-state index in [0.29, 0.717) is 10.2 Å². The van der Waals surface area contributed by atoms with Gasteiger partial charge in [-0.1, -0.05) is 30.3 Å². The number of pyridine rings is 1. The zero-order chi connectivity index (χ0) is 13.8. The molecule has 1 atom stereocenters. The Morgan fingerprint density at radius 2 is 1.95 bits per heavy atom. The third-order valence-corrected chi connectivity index (χ3v) is 3.59. The second kappa shape index (κ2) is 5.97.